The summed E-state index contributed by atoms with van der Waals surface area (Å²) in [4.78, 5) is 12.1. The minimum Gasteiger partial charge on any atom is -0.307 e. The summed E-state index contributed by atoms with van der Waals surface area (Å²) in [7, 11) is 0. The Bertz CT molecular complexity index is 667. The third kappa shape index (κ3) is 3.44. The monoisotopic (exact) mass is 361 g/mol. The molecule has 1 amide bonds. The lowest BCUT2D eigenvalue weighted by molar-refractivity contribution is -0.137. The SMILES string of the molecule is CCc1cn[nH]c1NC(=O)c1ccc(Br)cc1C(F)(F)F. The first-order valence-corrected chi connectivity index (χ1v) is 6.82. The molecule has 112 valence electrons. The number of alkyl halides is 3. The first-order chi connectivity index (χ1) is 9.82. The van der Waals surface area contributed by atoms with Gasteiger partial charge in [-0.05, 0) is 24.6 Å². The van der Waals surface area contributed by atoms with Crippen LogP contribution >= 0.6 is 15.9 Å². The number of nitrogens with zero attached hydrogens (tertiary/aromatic N) is 1. The van der Waals surface area contributed by atoms with Gasteiger partial charge < -0.3 is 5.32 Å². The number of nitrogens with one attached hydrogen (secondary N) is 2. The van der Waals surface area contributed by atoms with Crippen LogP contribution in [0.2, 0.25) is 0 Å². The number of carbonyl (C=O) groups is 1. The van der Waals surface area contributed by atoms with Crippen molar-refractivity contribution in [3.05, 3.63) is 45.6 Å². The van der Waals surface area contributed by atoms with Gasteiger partial charge in [0.25, 0.3) is 5.91 Å². The number of benzene rings is 1. The predicted molar refractivity (Wildman–Crippen MR) is 75.1 cm³/mol. The van der Waals surface area contributed by atoms with Gasteiger partial charge in [0.15, 0.2) is 0 Å². The average molecular weight is 362 g/mol. The highest BCUT2D eigenvalue weighted by atomic mass is 79.9. The number of aromatic amines is 1. The summed E-state index contributed by atoms with van der Waals surface area (Å²) in [5.41, 5.74) is -0.719. The second kappa shape index (κ2) is 5.88. The normalized spacial score (nSPS) is 11.5. The molecule has 1 aromatic carbocycles. The third-order valence-electron chi connectivity index (χ3n) is 2.87. The zero-order chi connectivity index (χ0) is 15.6. The van der Waals surface area contributed by atoms with Gasteiger partial charge in [-0.3, -0.25) is 9.89 Å². The van der Waals surface area contributed by atoms with Crippen LogP contribution in [0.5, 0.6) is 0 Å². The smallest absolute Gasteiger partial charge is 0.307 e. The first kappa shape index (κ1) is 15.6. The van der Waals surface area contributed by atoms with E-state index in [0.29, 0.717) is 17.8 Å². The van der Waals surface area contributed by atoms with Crippen molar-refractivity contribution in [2.24, 2.45) is 0 Å². The molecule has 2 aromatic rings. The molecule has 0 saturated carbocycles. The van der Waals surface area contributed by atoms with Crippen LogP contribution in [0.1, 0.15) is 28.4 Å². The van der Waals surface area contributed by atoms with E-state index in [2.05, 4.69) is 31.4 Å². The van der Waals surface area contributed by atoms with Gasteiger partial charge >= 0.3 is 6.18 Å². The molecule has 0 aliphatic carbocycles. The standard InChI is InChI=1S/C13H11BrF3N3O/c1-2-7-6-18-20-11(7)19-12(21)9-4-3-8(14)5-10(9)13(15,16)17/h3-6H,2H2,1H3,(H2,18,19,20,21). The molecule has 21 heavy (non-hydrogen) atoms. The molecular weight excluding hydrogens is 351 g/mol. The maximum atomic E-state index is 13.0. The van der Waals surface area contributed by atoms with Gasteiger partial charge in [-0.1, -0.05) is 22.9 Å². The summed E-state index contributed by atoms with van der Waals surface area (Å²) in [6.07, 6.45) is -2.50. The molecule has 0 bridgehead atoms. The van der Waals surface area contributed by atoms with E-state index < -0.39 is 23.2 Å². The van der Waals surface area contributed by atoms with E-state index >= 15 is 0 Å². The van der Waals surface area contributed by atoms with Crippen molar-refractivity contribution in [3.8, 4) is 0 Å². The van der Waals surface area contributed by atoms with Gasteiger partial charge in [0.05, 0.1) is 17.3 Å². The van der Waals surface area contributed by atoms with Crippen LogP contribution in [0.15, 0.2) is 28.9 Å². The van der Waals surface area contributed by atoms with Crippen molar-refractivity contribution in [1.82, 2.24) is 10.2 Å². The number of aryl methyl sites for hydroxylation is 1. The van der Waals surface area contributed by atoms with Gasteiger partial charge in [-0.15, -0.1) is 0 Å². The number of aromatic nitrogens is 2. The molecule has 1 aromatic heterocycles. The van der Waals surface area contributed by atoms with Crippen LogP contribution in [0.4, 0.5) is 19.0 Å². The molecular formula is C13H11BrF3N3O. The van der Waals surface area contributed by atoms with Crippen molar-refractivity contribution in [1.29, 1.82) is 0 Å². The largest absolute Gasteiger partial charge is 0.417 e. The minimum atomic E-state index is -4.61. The topological polar surface area (TPSA) is 57.8 Å². The number of halogens is 4. The lowest BCUT2D eigenvalue weighted by Gasteiger charge is -2.13. The molecule has 1 heterocycles. The highest BCUT2D eigenvalue weighted by Crippen LogP contribution is 2.34. The van der Waals surface area contributed by atoms with E-state index in [0.717, 1.165) is 12.1 Å². The first-order valence-electron chi connectivity index (χ1n) is 6.03. The van der Waals surface area contributed by atoms with Crippen LogP contribution in [0.25, 0.3) is 0 Å². The Balaban J connectivity index is 2.36. The van der Waals surface area contributed by atoms with Crippen LogP contribution < -0.4 is 5.32 Å². The fourth-order valence-electron chi connectivity index (χ4n) is 1.82. The maximum absolute atomic E-state index is 13.0. The Morgan fingerprint density at radius 1 is 1.43 bits per heavy atom. The van der Waals surface area contributed by atoms with Gasteiger partial charge in [0.1, 0.15) is 5.82 Å². The number of H-pyrrole nitrogens is 1. The molecule has 2 rings (SSSR count). The number of hydrogen-bond donors (Lipinski definition) is 2. The lowest BCUT2D eigenvalue weighted by Crippen LogP contribution is -2.19. The fraction of sp³-hybridized carbons (Fsp3) is 0.231. The molecule has 8 heteroatoms. The molecule has 2 N–H and O–H groups in total. The number of hydrogen-bond acceptors (Lipinski definition) is 2. The summed E-state index contributed by atoms with van der Waals surface area (Å²) in [5.74, 6) is -0.535. The Hall–Kier alpha value is -1.83. The molecule has 0 aliphatic rings. The molecule has 0 spiro atoms. The zero-order valence-corrected chi connectivity index (χ0v) is 12.5. The fourth-order valence-corrected chi connectivity index (χ4v) is 2.18. The maximum Gasteiger partial charge on any atom is 0.417 e. The highest BCUT2D eigenvalue weighted by Gasteiger charge is 2.35. The number of carbonyl (C=O) groups excluding carboxylic acids is 1. The molecule has 0 unspecified atom stereocenters. The molecule has 0 fully saturated rings. The predicted octanol–water partition coefficient (Wildman–Crippen LogP) is 4.01. The zero-order valence-electron chi connectivity index (χ0n) is 10.9. The highest BCUT2D eigenvalue weighted by molar-refractivity contribution is 9.10. The van der Waals surface area contributed by atoms with Crippen molar-refractivity contribution in [3.63, 3.8) is 0 Å². The van der Waals surface area contributed by atoms with Crippen LogP contribution in [0.3, 0.4) is 0 Å². The molecule has 0 aliphatic heterocycles. The quantitative estimate of drug-likeness (QED) is 0.867. The van der Waals surface area contributed by atoms with E-state index in [4.69, 9.17) is 0 Å². The summed E-state index contributed by atoms with van der Waals surface area (Å²) < 4.78 is 39.2. The minimum absolute atomic E-state index is 0.252. The second-order valence-electron chi connectivity index (χ2n) is 4.27. The van der Waals surface area contributed by atoms with Gasteiger partial charge in [0, 0.05) is 10.0 Å². The molecule has 0 atom stereocenters. The number of anilines is 1. The number of amides is 1. The Kier molecular flexibility index (Phi) is 4.36. The Morgan fingerprint density at radius 2 is 2.14 bits per heavy atom. The Labute approximate surface area is 126 Å². The summed E-state index contributed by atoms with van der Waals surface area (Å²) in [5, 5.41) is 8.73. The van der Waals surface area contributed by atoms with Crippen LogP contribution in [-0.4, -0.2) is 16.1 Å². The molecule has 0 radical (unpaired) electrons. The van der Waals surface area contributed by atoms with E-state index in [1.807, 2.05) is 6.92 Å². The summed E-state index contributed by atoms with van der Waals surface area (Å²) >= 11 is 2.97. The average Bonchev–Trinajstić information content (AvgIpc) is 2.84. The van der Waals surface area contributed by atoms with Crippen LogP contribution in [0, 0.1) is 0 Å². The van der Waals surface area contributed by atoms with Crippen molar-refractivity contribution < 1.29 is 18.0 Å². The van der Waals surface area contributed by atoms with E-state index in [1.165, 1.54) is 12.3 Å². The van der Waals surface area contributed by atoms with E-state index in [-0.39, 0.29) is 4.47 Å². The lowest BCUT2D eigenvalue weighted by atomic mass is 10.1. The van der Waals surface area contributed by atoms with Gasteiger partial charge in [-0.25, -0.2) is 0 Å². The van der Waals surface area contributed by atoms with Crippen LogP contribution in [-0.2, 0) is 12.6 Å². The second-order valence-corrected chi connectivity index (χ2v) is 5.18. The summed E-state index contributed by atoms with van der Waals surface area (Å²) in [6.45, 7) is 1.85. The van der Waals surface area contributed by atoms with Crippen molar-refractivity contribution in [2.45, 2.75) is 19.5 Å². The summed E-state index contributed by atoms with van der Waals surface area (Å²) in [6, 6.07) is 3.39. The van der Waals surface area contributed by atoms with Gasteiger partial charge in [-0.2, -0.15) is 18.3 Å². The van der Waals surface area contributed by atoms with E-state index in [9.17, 15) is 18.0 Å². The van der Waals surface area contributed by atoms with E-state index in [1.54, 1.807) is 0 Å². The molecule has 0 saturated heterocycles. The van der Waals surface area contributed by atoms with Crippen molar-refractivity contribution in [2.75, 3.05) is 5.32 Å². The Morgan fingerprint density at radius 3 is 2.76 bits per heavy atom. The number of rotatable bonds is 3. The van der Waals surface area contributed by atoms with Crippen molar-refractivity contribution >= 4 is 27.7 Å². The molecule has 4 nitrogen and oxygen atoms in total. The third-order valence-corrected chi connectivity index (χ3v) is 3.36. The van der Waals surface area contributed by atoms with Gasteiger partial charge in [0.2, 0.25) is 0 Å².